The summed E-state index contributed by atoms with van der Waals surface area (Å²) in [6.45, 7) is 1.89. The van der Waals surface area contributed by atoms with Crippen molar-refractivity contribution in [3.8, 4) is 0 Å². The lowest BCUT2D eigenvalue weighted by Gasteiger charge is -2.05. The van der Waals surface area contributed by atoms with Crippen LogP contribution in [0.25, 0.3) is 11.1 Å². The molecule has 2 rings (SSSR count). The molecule has 1 heterocycles. The summed E-state index contributed by atoms with van der Waals surface area (Å²) in [4.78, 5) is 14.8. The standard InChI is InChI=1S/C12H13NO3S/c1-8(6-12(14)15)17-7-11-13-9-4-2-3-5-10(9)16-11/h2-5,8H,6-7H2,1H3,(H,14,15). The first-order valence-electron chi connectivity index (χ1n) is 5.33. The number of para-hydroxylation sites is 2. The number of hydrogen-bond acceptors (Lipinski definition) is 4. The van der Waals surface area contributed by atoms with Crippen molar-refractivity contribution in [2.75, 3.05) is 0 Å². The molecule has 0 saturated carbocycles. The Labute approximate surface area is 103 Å². The van der Waals surface area contributed by atoms with E-state index in [1.807, 2.05) is 31.2 Å². The molecule has 0 amide bonds. The average Bonchev–Trinajstić information content (AvgIpc) is 2.68. The smallest absolute Gasteiger partial charge is 0.304 e. The van der Waals surface area contributed by atoms with Crippen molar-refractivity contribution in [3.05, 3.63) is 30.2 Å². The highest BCUT2D eigenvalue weighted by Crippen LogP contribution is 2.22. The quantitative estimate of drug-likeness (QED) is 0.885. The fourth-order valence-electron chi connectivity index (χ4n) is 1.50. The molecule has 1 N–H and O–H groups in total. The summed E-state index contributed by atoms with van der Waals surface area (Å²) in [5.41, 5.74) is 1.61. The monoisotopic (exact) mass is 251 g/mol. The van der Waals surface area contributed by atoms with Gasteiger partial charge in [-0.3, -0.25) is 4.79 Å². The first kappa shape index (κ1) is 12.0. The second-order valence-electron chi connectivity index (χ2n) is 3.79. The van der Waals surface area contributed by atoms with Crippen molar-refractivity contribution in [2.24, 2.45) is 0 Å². The van der Waals surface area contributed by atoms with E-state index in [0.717, 1.165) is 11.1 Å². The highest BCUT2D eigenvalue weighted by Gasteiger charge is 2.11. The Balaban J connectivity index is 1.97. The molecule has 2 aromatic rings. The van der Waals surface area contributed by atoms with Crippen LogP contribution in [-0.4, -0.2) is 21.3 Å². The van der Waals surface area contributed by atoms with Gasteiger partial charge in [0.2, 0.25) is 5.89 Å². The summed E-state index contributed by atoms with van der Waals surface area (Å²) in [5, 5.41) is 8.70. The zero-order chi connectivity index (χ0) is 12.3. The highest BCUT2D eigenvalue weighted by molar-refractivity contribution is 7.99. The summed E-state index contributed by atoms with van der Waals surface area (Å²) in [7, 11) is 0. The first-order valence-corrected chi connectivity index (χ1v) is 6.38. The van der Waals surface area contributed by atoms with Crippen molar-refractivity contribution >= 4 is 28.8 Å². The van der Waals surface area contributed by atoms with Gasteiger partial charge in [0.25, 0.3) is 0 Å². The molecule has 0 saturated heterocycles. The number of carbonyl (C=O) groups is 1. The van der Waals surface area contributed by atoms with Gasteiger partial charge in [0, 0.05) is 5.25 Å². The van der Waals surface area contributed by atoms with Crippen LogP contribution in [0.15, 0.2) is 28.7 Å². The maximum atomic E-state index is 10.5. The molecule has 0 aliphatic rings. The van der Waals surface area contributed by atoms with Crippen LogP contribution >= 0.6 is 11.8 Å². The molecule has 90 valence electrons. The lowest BCUT2D eigenvalue weighted by molar-refractivity contribution is -0.136. The largest absolute Gasteiger partial charge is 0.481 e. The second kappa shape index (κ2) is 5.23. The van der Waals surface area contributed by atoms with Gasteiger partial charge in [-0.1, -0.05) is 19.1 Å². The molecule has 0 aliphatic heterocycles. The summed E-state index contributed by atoms with van der Waals surface area (Å²) < 4.78 is 5.54. The number of carboxylic acid groups (broad SMARTS) is 1. The molecule has 4 nitrogen and oxygen atoms in total. The molecule has 1 atom stereocenters. The van der Waals surface area contributed by atoms with Gasteiger partial charge in [-0.05, 0) is 12.1 Å². The van der Waals surface area contributed by atoms with E-state index in [2.05, 4.69) is 4.98 Å². The van der Waals surface area contributed by atoms with Gasteiger partial charge in [-0.25, -0.2) is 4.98 Å². The maximum absolute atomic E-state index is 10.5. The lowest BCUT2D eigenvalue weighted by atomic mass is 10.3. The minimum Gasteiger partial charge on any atom is -0.481 e. The maximum Gasteiger partial charge on any atom is 0.304 e. The van der Waals surface area contributed by atoms with E-state index in [-0.39, 0.29) is 11.7 Å². The zero-order valence-corrected chi connectivity index (χ0v) is 10.2. The molecule has 0 aliphatic carbocycles. The van der Waals surface area contributed by atoms with Gasteiger partial charge in [-0.15, -0.1) is 11.8 Å². The third-order valence-corrected chi connectivity index (χ3v) is 3.44. The number of aromatic nitrogens is 1. The molecule has 0 spiro atoms. The van der Waals surface area contributed by atoms with Gasteiger partial charge >= 0.3 is 5.97 Å². The Morgan fingerprint density at radius 1 is 1.53 bits per heavy atom. The van der Waals surface area contributed by atoms with E-state index in [1.165, 1.54) is 11.8 Å². The van der Waals surface area contributed by atoms with Crippen LogP contribution in [0.1, 0.15) is 19.2 Å². The Bertz CT molecular complexity index is 490. The van der Waals surface area contributed by atoms with Gasteiger partial charge in [0.15, 0.2) is 5.58 Å². The van der Waals surface area contributed by atoms with Crippen molar-refractivity contribution in [1.29, 1.82) is 0 Å². The van der Waals surface area contributed by atoms with E-state index in [4.69, 9.17) is 9.52 Å². The topological polar surface area (TPSA) is 63.3 Å². The van der Waals surface area contributed by atoms with E-state index < -0.39 is 5.97 Å². The second-order valence-corrected chi connectivity index (χ2v) is 5.22. The van der Waals surface area contributed by atoms with Crippen LogP contribution in [0, 0.1) is 0 Å². The Morgan fingerprint density at radius 3 is 3.00 bits per heavy atom. The minimum absolute atomic E-state index is 0.0579. The van der Waals surface area contributed by atoms with E-state index in [0.29, 0.717) is 11.6 Å². The van der Waals surface area contributed by atoms with Crippen LogP contribution in [0.4, 0.5) is 0 Å². The fourth-order valence-corrected chi connectivity index (χ4v) is 2.31. The molecule has 0 radical (unpaired) electrons. The number of nitrogens with zero attached hydrogens (tertiary/aromatic N) is 1. The SMILES string of the molecule is CC(CC(=O)O)SCc1nc2ccccc2o1. The van der Waals surface area contributed by atoms with Crippen LogP contribution < -0.4 is 0 Å². The summed E-state index contributed by atoms with van der Waals surface area (Å²) in [6, 6.07) is 7.58. The van der Waals surface area contributed by atoms with Crippen molar-refractivity contribution in [2.45, 2.75) is 24.3 Å². The van der Waals surface area contributed by atoms with Crippen molar-refractivity contribution in [1.82, 2.24) is 4.98 Å². The molecular formula is C12H13NO3S. The number of hydrogen-bond donors (Lipinski definition) is 1. The molecule has 5 heteroatoms. The average molecular weight is 251 g/mol. The number of aliphatic carboxylic acids is 1. The normalized spacial score (nSPS) is 12.8. The highest BCUT2D eigenvalue weighted by atomic mass is 32.2. The molecule has 17 heavy (non-hydrogen) atoms. The van der Waals surface area contributed by atoms with Crippen LogP contribution in [0.3, 0.4) is 0 Å². The van der Waals surface area contributed by atoms with Gasteiger partial charge < -0.3 is 9.52 Å². The molecule has 0 fully saturated rings. The number of oxazole rings is 1. The number of rotatable bonds is 5. The molecule has 1 unspecified atom stereocenters. The minimum atomic E-state index is -0.775. The van der Waals surface area contributed by atoms with Gasteiger partial charge in [0.05, 0.1) is 12.2 Å². The third kappa shape index (κ3) is 3.23. The van der Waals surface area contributed by atoms with Gasteiger partial charge in [0.1, 0.15) is 5.52 Å². The number of fused-ring (bicyclic) bond motifs is 1. The fraction of sp³-hybridized carbons (Fsp3) is 0.333. The summed E-state index contributed by atoms with van der Waals surface area (Å²) >= 11 is 1.54. The Morgan fingerprint density at radius 2 is 2.29 bits per heavy atom. The predicted octanol–water partition coefficient (Wildman–Crippen LogP) is 2.92. The van der Waals surface area contributed by atoms with Crippen LogP contribution in [-0.2, 0) is 10.5 Å². The third-order valence-electron chi connectivity index (χ3n) is 2.29. The van der Waals surface area contributed by atoms with Crippen LogP contribution in [0.2, 0.25) is 0 Å². The summed E-state index contributed by atoms with van der Waals surface area (Å²) in [5.74, 6) is 0.472. The predicted molar refractivity (Wildman–Crippen MR) is 67.0 cm³/mol. The molecule has 1 aromatic carbocycles. The lowest BCUT2D eigenvalue weighted by Crippen LogP contribution is -2.05. The van der Waals surface area contributed by atoms with E-state index >= 15 is 0 Å². The number of benzene rings is 1. The Kier molecular flexibility index (Phi) is 3.68. The first-order chi connectivity index (χ1) is 8.15. The Hall–Kier alpha value is -1.49. The van der Waals surface area contributed by atoms with Crippen molar-refractivity contribution < 1.29 is 14.3 Å². The molecule has 0 bridgehead atoms. The van der Waals surface area contributed by atoms with Crippen molar-refractivity contribution in [3.63, 3.8) is 0 Å². The summed E-state index contributed by atoms with van der Waals surface area (Å²) in [6.07, 6.45) is 0.158. The number of thioether (sulfide) groups is 1. The van der Waals surface area contributed by atoms with E-state index in [1.54, 1.807) is 0 Å². The zero-order valence-electron chi connectivity index (χ0n) is 9.42. The van der Waals surface area contributed by atoms with Gasteiger partial charge in [-0.2, -0.15) is 0 Å². The van der Waals surface area contributed by atoms with Crippen LogP contribution in [0.5, 0.6) is 0 Å². The van der Waals surface area contributed by atoms with E-state index in [9.17, 15) is 4.79 Å². The molecular weight excluding hydrogens is 238 g/mol. The number of carboxylic acids is 1. The molecule has 1 aromatic heterocycles.